The van der Waals surface area contributed by atoms with Crippen molar-refractivity contribution in [3.63, 3.8) is 0 Å². The Kier molecular flexibility index (Phi) is 8.91. The first-order valence-electron chi connectivity index (χ1n) is 11.5. The Morgan fingerprint density at radius 1 is 0.811 bits per heavy atom. The number of thiophene rings is 1. The molecule has 37 heavy (non-hydrogen) atoms. The monoisotopic (exact) mass is 527 g/mol. The van der Waals surface area contributed by atoms with Crippen LogP contribution in [0.4, 0.5) is 11.4 Å². The number of hydrogen-bond acceptors (Lipinski definition) is 5. The van der Waals surface area contributed by atoms with Gasteiger partial charge in [-0.25, -0.2) is 0 Å². The SMILES string of the molecule is Cc1ccc(NC(=O)CSc2ccc(NC(=O)/C(=C/c3cccs3)NC(=O)c3ccccc3)cc2)cc1. The van der Waals surface area contributed by atoms with Gasteiger partial charge >= 0.3 is 0 Å². The maximum atomic E-state index is 13.1. The predicted octanol–water partition coefficient (Wildman–Crippen LogP) is 6.20. The zero-order chi connectivity index (χ0) is 26.0. The third-order valence-corrected chi connectivity index (χ3v) is 7.01. The molecule has 0 bridgehead atoms. The molecular formula is C29H25N3O3S2. The maximum Gasteiger partial charge on any atom is 0.272 e. The Hall–Kier alpha value is -4.14. The summed E-state index contributed by atoms with van der Waals surface area (Å²) >= 11 is 2.87. The van der Waals surface area contributed by atoms with E-state index in [9.17, 15) is 14.4 Å². The van der Waals surface area contributed by atoms with Crippen molar-refractivity contribution in [3.8, 4) is 0 Å². The van der Waals surface area contributed by atoms with Crippen molar-refractivity contribution in [1.82, 2.24) is 5.32 Å². The van der Waals surface area contributed by atoms with Crippen molar-refractivity contribution < 1.29 is 14.4 Å². The Balaban J connectivity index is 1.36. The molecule has 0 atom stereocenters. The molecule has 0 unspecified atom stereocenters. The highest BCUT2D eigenvalue weighted by Gasteiger charge is 2.15. The van der Waals surface area contributed by atoms with E-state index in [-0.39, 0.29) is 23.3 Å². The van der Waals surface area contributed by atoms with E-state index in [0.29, 0.717) is 11.3 Å². The average molecular weight is 528 g/mol. The standard InChI is InChI=1S/C29H25N3O3S2/c1-20-9-11-22(12-10-20)30-27(33)19-37-24-15-13-23(14-16-24)31-29(35)26(18-25-8-5-17-36-25)32-28(34)21-6-3-2-4-7-21/h2-18H,19H2,1H3,(H,30,33)(H,31,35)(H,32,34)/b26-18-. The Labute approximate surface area is 223 Å². The van der Waals surface area contributed by atoms with Crippen LogP contribution in [0.2, 0.25) is 0 Å². The smallest absolute Gasteiger partial charge is 0.272 e. The molecule has 4 rings (SSSR count). The molecule has 0 spiro atoms. The van der Waals surface area contributed by atoms with Gasteiger partial charge < -0.3 is 16.0 Å². The van der Waals surface area contributed by atoms with Gasteiger partial charge in [0.05, 0.1) is 5.75 Å². The molecule has 1 heterocycles. The normalized spacial score (nSPS) is 11.0. The van der Waals surface area contributed by atoms with Crippen LogP contribution in [0.5, 0.6) is 0 Å². The van der Waals surface area contributed by atoms with Crippen molar-refractivity contribution in [3.05, 3.63) is 118 Å². The molecule has 0 aliphatic rings. The van der Waals surface area contributed by atoms with E-state index in [2.05, 4.69) is 16.0 Å². The minimum atomic E-state index is -0.435. The molecule has 4 aromatic rings. The molecule has 3 N–H and O–H groups in total. The van der Waals surface area contributed by atoms with Gasteiger partial charge in [0.1, 0.15) is 5.70 Å². The molecule has 3 aromatic carbocycles. The van der Waals surface area contributed by atoms with Gasteiger partial charge in [0.15, 0.2) is 0 Å². The van der Waals surface area contributed by atoms with Gasteiger partial charge in [0.2, 0.25) is 5.91 Å². The number of carbonyl (C=O) groups is 3. The molecule has 0 aliphatic heterocycles. The van der Waals surface area contributed by atoms with E-state index < -0.39 is 5.91 Å². The fourth-order valence-corrected chi connectivity index (χ4v) is 4.63. The number of amides is 3. The summed E-state index contributed by atoms with van der Waals surface area (Å²) in [6, 6.07) is 27.3. The Morgan fingerprint density at radius 2 is 1.49 bits per heavy atom. The summed E-state index contributed by atoms with van der Waals surface area (Å²) in [4.78, 5) is 39.7. The zero-order valence-electron chi connectivity index (χ0n) is 20.1. The summed E-state index contributed by atoms with van der Waals surface area (Å²) in [6.45, 7) is 2.00. The molecule has 0 aliphatic carbocycles. The van der Waals surface area contributed by atoms with Crippen LogP contribution in [0, 0.1) is 6.92 Å². The molecule has 6 nitrogen and oxygen atoms in total. The van der Waals surface area contributed by atoms with Crippen molar-refractivity contribution >= 4 is 58.3 Å². The van der Waals surface area contributed by atoms with Gasteiger partial charge in [-0.1, -0.05) is 42.0 Å². The lowest BCUT2D eigenvalue weighted by Crippen LogP contribution is -2.30. The number of thioether (sulfide) groups is 1. The molecule has 0 radical (unpaired) electrons. The molecular weight excluding hydrogens is 502 g/mol. The number of rotatable bonds is 9. The molecule has 0 saturated heterocycles. The van der Waals surface area contributed by atoms with Crippen LogP contribution in [-0.2, 0) is 9.59 Å². The van der Waals surface area contributed by atoms with E-state index in [1.165, 1.54) is 23.1 Å². The second-order valence-electron chi connectivity index (χ2n) is 8.07. The van der Waals surface area contributed by atoms with Crippen molar-refractivity contribution in [2.45, 2.75) is 11.8 Å². The van der Waals surface area contributed by atoms with Crippen LogP contribution in [0.3, 0.4) is 0 Å². The Bertz CT molecular complexity index is 1380. The van der Waals surface area contributed by atoms with E-state index in [1.54, 1.807) is 42.5 Å². The van der Waals surface area contributed by atoms with Gasteiger partial charge in [-0.3, -0.25) is 14.4 Å². The summed E-state index contributed by atoms with van der Waals surface area (Å²) in [7, 11) is 0. The average Bonchev–Trinajstić information content (AvgIpc) is 3.43. The molecule has 0 fully saturated rings. The van der Waals surface area contributed by atoms with E-state index in [4.69, 9.17) is 0 Å². The molecule has 0 saturated carbocycles. The largest absolute Gasteiger partial charge is 0.325 e. The Morgan fingerprint density at radius 3 is 2.16 bits per heavy atom. The van der Waals surface area contributed by atoms with Crippen molar-refractivity contribution in [2.75, 3.05) is 16.4 Å². The van der Waals surface area contributed by atoms with Gasteiger partial charge in [0, 0.05) is 26.7 Å². The number of hydrogen-bond donors (Lipinski definition) is 3. The first-order valence-corrected chi connectivity index (χ1v) is 13.3. The zero-order valence-corrected chi connectivity index (χ0v) is 21.7. The number of nitrogens with one attached hydrogen (secondary N) is 3. The topological polar surface area (TPSA) is 87.3 Å². The number of carbonyl (C=O) groups excluding carboxylic acids is 3. The summed E-state index contributed by atoms with van der Waals surface area (Å²) < 4.78 is 0. The first-order chi connectivity index (χ1) is 18.0. The van der Waals surface area contributed by atoms with E-state index in [1.807, 2.05) is 66.9 Å². The van der Waals surface area contributed by atoms with Gasteiger partial charge in [-0.2, -0.15) is 0 Å². The number of anilines is 2. The fraction of sp³-hybridized carbons (Fsp3) is 0.0690. The van der Waals surface area contributed by atoms with Crippen molar-refractivity contribution in [1.29, 1.82) is 0 Å². The lowest BCUT2D eigenvalue weighted by atomic mass is 10.2. The van der Waals surface area contributed by atoms with Gasteiger partial charge in [-0.15, -0.1) is 23.1 Å². The quantitative estimate of drug-likeness (QED) is 0.179. The number of aryl methyl sites for hydroxylation is 1. The molecule has 186 valence electrons. The van der Waals surface area contributed by atoms with Crippen molar-refractivity contribution in [2.24, 2.45) is 0 Å². The second kappa shape index (κ2) is 12.7. The maximum absolute atomic E-state index is 13.1. The van der Waals surface area contributed by atoms with Crippen LogP contribution in [-0.4, -0.2) is 23.5 Å². The van der Waals surface area contributed by atoms with Crippen LogP contribution < -0.4 is 16.0 Å². The predicted molar refractivity (Wildman–Crippen MR) is 152 cm³/mol. The summed E-state index contributed by atoms with van der Waals surface area (Å²) in [5.74, 6) is -0.632. The second-order valence-corrected chi connectivity index (χ2v) is 10.1. The molecule has 3 amide bonds. The third kappa shape index (κ3) is 7.93. The minimum absolute atomic E-state index is 0.0938. The van der Waals surface area contributed by atoms with E-state index >= 15 is 0 Å². The summed E-state index contributed by atoms with van der Waals surface area (Å²) in [5.41, 5.74) is 3.07. The van der Waals surface area contributed by atoms with Crippen LogP contribution in [0.25, 0.3) is 6.08 Å². The lowest BCUT2D eigenvalue weighted by molar-refractivity contribution is -0.114. The fourth-order valence-electron chi connectivity index (χ4n) is 3.27. The van der Waals surface area contributed by atoms with E-state index in [0.717, 1.165) is 21.0 Å². The highest BCUT2D eigenvalue weighted by molar-refractivity contribution is 8.00. The van der Waals surface area contributed by atoms with Gasteiger partial charge in [-0.05, 0) is 73.0 Å². The minimum Gasteiger partial charge on any atom is -0.325 e. The number of benzene rings is 3. The van der Waals surface area contributed by atoms with Gasteiger partial charge in [0.25, 0.3) is 11.8 Å². The molecule has 8 heteroatoms. The molecule has 1 aromatic heterocycles. The highest BCUT2D eigenvalue weighted by atomic mass is 32.2. The first kappa shape index (κ1) is 25.9. The summed E-state index contributed by atoms with van der Waals surface area (Å²) in [6.07, 6.45) is 1.65. The lowest BCUT2D eigenvalue weighted by Gasteiger charge is -2.11. The van der Waals surface area contributed by atoms with Crippen LogP contribution >= 0.6 is 23.1 Å². The van der Waals surface area contributed by atoms with Crippen LogP contribution in [0.1, 0.15) is 20.8 Å². The summed E-state index contributed by atoms with van der Waals surface area (Å²) in [5, 5.41) is 10.3. The third-order valence-electron chi connectivity index (χ3n) is 5.18. The van der Waals surface area contributed by atoms with Crippen LogP contribution in [0.15, 0.2) is 107 Å². The highest BCUT2D eigenvalue weighted by Crippen LogP contribution is 2.22.